The van der Waals surface area contributed by atoms with Gasteiger partial charge in [-0.1, -0.05) is 6.07 Å². The van der Waals surface area contributed by atoms with Crippen LogP contribution < -0.4 is 4.74 Å². The fraction of sp³-hybridized carbons (Fsp3) is 0.250. The van der Waals surface area contributed by atoms with E-state index in [9.17, 15) is 8.42 Å². The lowest BCUT2D eigenvalue weighted by molar-refractivity contribution is 0.413. The number of rotatable bonds is 5. The maximum Gasteiger partial charge on any atom is 0.180 e. The van der Waals surface area contributed by atoms with E-state index in [0.29, 0.717) is 12.3 Å². The van der Waals surface area contributed by atoms with Gasteiger partial charge < -0.3 is 9.30 Å². The quantitative estimate of drug-likeness (QED) is 0.820. The number of hydrogen-bond acceptors (Lipinski definition) is 4. The predicted octanol–water partition coefficient (Wildman–Crippen LogP) is 1.37. The van der Waals surface area contributed by atoms with Crippen LogP contribution in [0.4, 0.5) is 0 Å². The van der Waals surface area contributed by atoms with Crippen molar-refractivity contribution in [3.05, 3.63) is 43.0 Å². The van der Waals surface area contributed by atoms with Crippen LogP contribution in [0.15, 0.2) is 47.9 Å². The lowest BCUT2D eigenvalue weighted by atomic mass is 10.3. The van der Waals surface area contributed by atoms with Crippen LogP contribution in [-0.2, 0) is 16.4 Å². The fourth-order valence-electron chi connectivity index (χ4n) is 1.56. The van der Waals surface area contributed by atoms with Crippen LogP contribution in [0.1, 0.15) is 0 Å². The van der Waals surface area contributed by atoms with E-state index in [4.69, 9.17) is 4.74 Å². The SMILES string of the molecule is COc1cccc(S(=O)(=O)CCn2ccnc2)c1. The van der Waals surface area contributed by atoms with Crippen molar-refractivity contribution in [2.75, 3.05) is 12.9 Å². The van der Waals surface area contributed by atoms with Crippen LogP contribution in [0.3, 0.4) is 0 Å². The number of sulfone groups is 1. The minimum Gasteiger partial charge on any atom is -0.497 e. The molecular formula is C12H14N2O3S. The number of aromatic nitrogens is 2. The number of hydrogen-bond donors (Lipinski definition) is 0. The Hall–Kier alpha value is -1.82. The van der Waals surface area contributed by atoms with Gasteiger partial charge >= 0.3 is 0 Å². The number of imidazole rings is 1. The largest absolute Gasteiger partial charge is 0.497 e. The summed E-state index contributed by atoms with van der Waals surface area (Å²) in [6.07, 6.45) is 4.96. The third-order valence-electron chi connectivity index (χ3n) is 2.58. The third-order valence-corrected chi connectivity index (χ3v) is 4.27. The molecule has 0 aliphatic carbocycles. The van der Waals surface area contributed by atoms with Crippen LogP contribution in [-0.4, -0.2) is 30.8 Å². The molecule has 0 bridgehead atoms. The predicted molar refractivity (Wildman–Crippen MR) is 67.3 cm³/mol. The third kappa shape index (κ3) is 2.89. The molecule has 0 radical (unpaired) electrons. The molecule has 1 heterocycles. The van der Waals surface area contributed by atoms with Gasteiger partial charge in [0.05, 0.1) is 24.1 Å². The van der Waals surface area contributed by atoms with E-state index in [2.05, 4.69) is 4.98 Å². The van der Waals surface area contributed by atoms with Crippen molar-refractivity contribution in [1.82, 2.24) is 9.55 Å². The maximum absolute atomic E-state index is 12.1. The highest BCUT2D eigenvalue weighted by molar-refractivity contribution is 7.91. The van der Waals surface area contributed by atoms with E-state index >= 15 is 0 Å². The Morgan fingerprint density at radius 3 is 2.89 bits per heavy atom. The highest BCUT2D eigenvalue weighted by atomic mass is 32.2. The number of methoxy groups -OCH3 is 1. The highest BCUT2D eigenvalue weighted by Gasteiger charge is 2.14. The van der Waals surface area contributed by atoms with E-state index in [0.717, 1.165) is 0 Å². The molecule has 0 spiro atoms. The molecule has 96 valence electrons. The van der Waals surface area contributed by atoms with Crippen LogP contribution in [0.5, 0.6) is 5.75 Å². The average molecular weight is 266 g/mol. The normalized spacial score (nSPS) is 11.4. The number of nitrogens with zero attached hydrogens (tertiary/aromatic N) is 2. The highest BCUT2D eigenvalue weighted by Crippen LogP contribution is 2.18. The molecule has 0 unspecified atom stereocenters. The molecule has 0 amide bonds. The molecule has 6 heteroatoms. The van der Waals surface area contributed by atoms with Gasteiger partial charge in [-0.05, 0) is 18.2 Å². The molecule has 0 N–H and O–H groups in total. The van der Waals surface area contributed by atoms with E-state index in [1.165, 1.54) is 13.2 Å². The van der Waals surface area contributed by atoms with Gasteiger partial charge in [0, 0.05) is 18.9 Å². The van der Waals surface area contributed by atoms with Crippen LogP contribution in [0.25, 0.3) is 0 Å². The Balaban J connectivity index is 2.14. The van der Waals surface area contributed by atoms with Crippen LogP contribution in [0.2, 0.25) is 0 Å². The molecule has 0 saturated carbocycles. The molecule has 5 nitrogen and oxygen atoms in total. The second-order valence-corrected chi connectivity index (χ2v) is 5.91. The molecule has 0 atom stereocenters. The summed E-state index contributed by atoms with van der Waals surface area (Å²) in [5.41, 5.74) is 0. The second-order valence-electron chi connectivity index (χ2n) is 3.80. The van der Waals surface area contributed by atoms with Crippen molar-refractivity contribution in [3.63, 3.8) is 0 Å². The first-order valence-electron chi connectivity index (χ1n) is 5.44. The summed E-state index contributed by atoms with van der Waals surface area (Å²) >= 11 is 0. The standard InChI is InChI=1S/C12H14N2O3S/c1-17-11-3-2-4-12(9-11)18(15,16)8-7-14-6-5-13-10-14/h2-6,9-10H,7-8H2,1H3. The topological polar surface area (TPSA) is 61.2 Å². The van der Waals surface area contributed by atoms with Crippen LogP contribution >= 0.6 is 0 Å². The lowest BCUT2D eigenvalue weighted by Gasteiger charge is -2.06. The lowest BCUT2D eigenvalue weighted by Crippen LogP contribution is -2.12. The first-order chi connectivity index (χ1) is 8.62. The van der Waals surface area contributed by atoms with Crippen LogP contribution in [0, 0.1) is 0 Å². The maximum atomic E-state index is 12.1. The summed E-state index contributed by atoms with van der Waals surface area (Å²) in [6.45, 7) is 0.388. The minimum absolute atomic E-state index is 0.0382. The van der Waals surface area contributed by atoms with Crippen molar-refractivity contribution in [3.8, 4) is 5.75 Å². The van der Waals surface area contributed by atoms with Gasteiger partial charge in [-0.15, -0.1) is 0 Å². The summed E-state index contributed by atoms with van der Waals surface area (Å²) in [7, 11) is -1.79. The zero-order valence-electron chi connectivity index (χ0n) is 9.98. The molecule has 1 aromatic heterocycles. The summed E-state index contributed by atoms with van der Waals surface area (Å²) in [4.78, 5) is 4.15. The molecule has 0 aliphatic heterocycles. The molecule has 0 aliphatic rings. The molecule has 2 aromatic rings. The average Bonchev–Trinajstić information content (AvgIpc) is 2.90. The monoisotopic (exact) mass is 266 g/mol. The Bertz CT molecular complexity index is 606. The van der Waals surface area contributed by atoms with Crippen molar-refractivity contribution >= 4 is 9.84 Å². The smallest absolute Gasteiger partial charge is 0.180 e. The first kappa shape index (κ1) is 12.6. The Labute approximate surface area is 106 Å². The molecule has 0 saturated heterocycles. The Kier molecular flexibility index (Phi) is 3.66. The van der Waals surface area contributed by atoms with Gasteiger partial charge in [-0.2, -0.15) is 0 Å². The number of ether oxygens (including phenoxy) is 1. The van der Waals surface area contributed by atoms with E-state index in [1.54, 1.807) is 41.5 Å². The molecule has 1 aromatic carbocycles. The van der Waals surface area contributed by atoms with Crippen molar-refractivity contribution < 1.29 is 13.2 Å². The summed E-state index contributed by atoms with van der Waals surface area (Å²) in [5.74, 6) is 0.579. The van der Waals surface area contributed by atoms with Gasteiger partial charge in [0.15, 0.2) is 9.84 Å². The molecule has 0 fully saturated rings. The van der Waals surface area contributed by atoms with Gasteiger partial charge in [-0.3, -0.25) is 0 Å². The van der Waals surface area contributed by atoms with E-state index in [-0.39, 0.29) is 10.6 Å². The zero-order valence-corrected chi connectivity index (χ0v) is 10.8. The Morgan fingerprint density at radius 1 is 1.39 bits per heavy atom. The second kappa shape index (κ2) is 5.22. The van der Waals surface area contributed by atoms with Crippen molar-refractivity contribution in [2.24, 2.45) is 0 Å². The van der Waals surface area contributed by atoms with Gasteiger partial charge in [0.2, 0.25) is 0 Å². The van der Waals surface area contributed by atoms with Gasteiger partial charge in [0.25, 0.3) is 0 Å². The molecule has 18 heavy (non-hydrogen) atoms. The van der Waals surface area contributed by atoms with Gasteiger partial charge in [0.1, 0.15) is 5.75 Å². The fourth-order valence-corrected chi connectivity index (χ4v) is 2.83. The van der Waals surface area contributed by atoms with Crippen molar-refractivity contribution in [2.45, 2.75) is 11.4 Å². The Morgan fingerprint density at radius 2 is 2.22 bits per heavy atom. The van der Waals surface area contributed by atoms with E-state index < -0.39 is 9.84 Å². The number of aryl methyl sites for hydroxylation is 1. The minimum atomic E-state index is -3.30. The summed E-state index contributed by atoms with van der Waals surface area (Å²) < 4.78 is 31.0. The summed E-state index contributed by atoms with van der Waals surface area (Å²) in [6, 6.07) is 6.49. The summed E-state index contributed by atoms with van der Waals surface area (Å²) in [5, 5.41) is 0. The molecule has 2 rings (SSSR count). The van der Waals surface area contributed by atoms with Crippen molar-refractivity contribution in [1.29, 1.82) is 0 Å². The van der Waals surface area contributed by atoms with Gasteiger partial charge in [-0.25, -0.2) is 13.4 Å². The molecular weight excluding hydrogens is 252 g/mol. The number of benzene rings is 1. The van der Waals surface area contributed by atoms with E-state index in [1.807, 2.05) is 0 Å². The zero-order chi connectivity index (χ0) is 13.0. The first-order valence-corrected chi connectivity index (χ1v) is 7.09.